The minimum absolute atomic E-state index is 0.0273. The van der Waals surface area contributed by atoms with Gasteiger partial charge in [0.1, 0.15) is 0 Å². The maximum absolute atomic E-state index is 12.4. The van der Waals surface area contributed by atoms with Crippen molar-refractivity contribution in [1.82, 2.24) is 0 Å². The summed E-state index contributed by atoms with van der Waals surface area (Å²) in [5.41, 5.74) is 0.452. The van der Waals surface area contributed by atoms with Crippen LogP contribution < -0.4 is 4.90 Å². The van der Waals surface area contributed by atoms with E-state index >= 15 is 0 Å². The quantitative estimate of drug-likeness (QED) is 0.712. The summed E-state index contributed by atoms with van der Waals surface area (Å²) in [6.45, 7) is 0. The van der Waals surface area contributed by atoms with Gasteiger partial charge in [0.25, 0.3) is 0 Å². The van der Waals surface area contributed by atoms with Crippen LogP contribution in [-0.2, 0) is 24.1 Å². The van der Waals surface area contributed by atoms with Crippen LogP contribution in [0.5, 0.6) is 0 Å². The van der Waals surface area contributed by atoms with Gasteiger partial charge in [0, 0.05) is 18.0 Å². The van der Waals surface area contributed by atoms with Gasteiger partial charge in [0.15, 0.2) is 9.84 Å². The Labute approximate surface area is 144 Å². The second kappa shape index (κ2) is 6.14. The third-order valence-electron chi connectivity index (χ3n) is 4.51. The SMILES string of the molecule is COC(=O)c1cc(C(=O)OC)cc(N2C(=O)C[C@@H]3CS(=O)(=O)C[C@H]32)c1. The molecule has 1 aromatic rings. The van der Waals surface area contributed by atoms with Crippen molar-refractivity contribution in [3.63, 3.8) is 0 Å². The van der Waals surface area contributed by atoms with E-state index in [1.807, 2.05) is 0 Å². The first-order valence-corrected chi connectivity index (χ1v) is 9.42. The van der Waals surface area contributed by atoms with Crippen LogP contribution in [0.3, 0.4) is 0 Å². The van der Waals surface area contributed by atoms with E-state index in [1.165, 1.54) is 37.3 Å². The predicted octanol–water partition coefficient (Wildman–Crippen LogP) is 0.410. The highest BCUT2D eigenvalue weighted by molar-refractivity contribution is 7.91. The average Bonchev–Trinajstić information content (AvgIpc) is 3.02. The molecule has 2 aliphatic rings. The van der Waals surface area contributed by atoms with Gasteiger partial charge in [0.05, 0.1) is 42.9 Å². The van der Waals surface area contributed by atoms with Gasteiger partial charge in [-0.05, 0) is 18.2 Å². The highest BCUT2D eigenvalue weighted by atomic mass is 32.2. The molecular formula is C16H17NO7S. The Morgan fingerprint density at radius 2 is 1.60 bits per heavy atom. The van der Waals surface area contributed by atoms with E-state index in [2.05, 4.69) is 9.47 Å². The standard InChI is InChI=1S/C16H17NO7S/c1-23-15(19)9-3-10(16(20)24-2)5-12(4-9)17-13-8-25(21,22)7-11(13)6-14(17)18/h3-5,11,13H,6-8H2,1-2H3/t11-,13-/m1/s1. The molecule has 0 aliphatic carbocycles. The highest BCUT2D eigenvalue weighted by Gasteiger charge is 2.49. The lowest BCUT2D eigenvalue weighted by atomic mass is 10.0. The number of sulfone groups is 1. The number of ether oxygens (including phenoxy) is 2. The molecule has 2 fully saturated rings. The van der Waals surface area contributed by atoms with Crippen molar-refractivity contribution in [3.05, 3.63) is 29.3 Å². The molecular weight excluding hydrogens is 350 g/mol. The van der Waals surface area contributed by atoms with Crippen LogP contribution in [-0.4, -0.2) is 58.0 Å². The zero-order chi connectivity index (χ0) is 18.4. The molecule has 25 heavy (non-hydrogen) atoms. The molecule has 0 saturated carbocycles. The zero-order valence-corrected chi connectivity index (χ0v) is 14.5. The molecule has 0 bridgehead atoms. The second-order valence-corrected chi connectivity index (χ2v) is 8.28. The van der Waals surface area contributed by atoms with Crippen molar-refractivity contribution in [3.8, 4) is 0 Å². The summed E-state index contributed by atoms with van der Waals surface area (Å²) in [6, 6.07) is 3.66. The number of nitrogens with zero attached hydrogens (tertiary/aromatic N) is 1. The average molecular weight is 367 g/mol. The minimum Gasteiger partial charge on any atom is -0.465 e. The normalized spacial score (nSPS) is 24.1. The largest absolute Gasteiger partial charge is 0.465 e. The van der Waals surface area contributed by atoms with Gasteiger partial charge in [-0.15, -0.1) is 0 Å². The molecule has 1 amide bonds. The predicted molar refractivity (Wildman–Crippen MR) is 87.2 cm³/mol. The van der Waals surface area contributed by atoms with E-state index in [0.29, 0.717) is 0 Å². The lowest BCUT2D eigenvalue weighted by Gasteiger charge is -2.24. The van der Waals surface area contributed by atoms with Gasteiger partial charge in [-0.25, -0.2) is 18.0 Å². The lowest BCUT2D eigenvalue weighted by molar-refractivity contribution is -0.117. The summed E-state index contributed by atoms with van der Waals surface area (Å²) >= 11 is 0. The summed E-state index contributed by atoms with van der Waals surface area (Å²) < 4.78 is 33.1. The summed E-state index contributed by atoms with van der Waals surface area (Å²) in [4.78, 5) is 37.5. The molecule has 2 aliphatic heterocycles. The van der Waals surface area contributed by atoms with Gasteiger partial charge in [-0.1, -0.05) is 0 Å². The fourth-order valence-electron chi connectivity index (χ4n) is 3.45. The molecule has 0 radical (unpaired) electrons. The van der Waals surface area contributed by atoms with Crippen molar-refractivity contribution in [2.24, 2.45) is 5.92 Å². The fraction of sp³-hybridized carbons (Fsp3) is 0.438. The maximum Gasteiger partial charge on any atom is 0.337 e. The highest BCUT2D eigenvalue weighted by Crippen LogP contribution is 2.37. The third kappa shape index (κ3) is 3.11. The van der Waals surface area contributed by atoms with Gasteiger partial charge in [-0.3, -0.25) is 4.79 Å². The first kappa shape index (κ1) is 17.4. The molecule has 134 valence electrons. The second-order valence-electron chi connectivity index (χ2n) is 6.12. The number of benzene rings is 1. The number of carbonyl (C=O) groups excluding carboxylic acids is 3. The number of methoxy groups -OCH3 is 2. The Balaban J connectivity index is 2.07. The number of esters is 2. The van der Waals surface area contributed by atoms with Crippen LogP contribution >= 0.6 is 0 Å². The summed E-state index contributed by atoms with van der Waals surface area (Å²) in [6.07, 6.45) is 0.125. The molecule has 2 saturated heterocycles. The van der Waals surface area contributed by atoms with Crippen LogP contribution in [0.15, 0.2) is 18.2 Å². The summed E-state index contributed by atoms with van der Waals surface area (Å²) in [7, 11) is -0.806. The fourth-order valence-corrected chi connectivity index (χ4v) is 5.52. The lowest BCUT2D eigenvalue weighted by Crippen LogP contribution is -2.36. The molecule has 0 spiro atoms. The van der Waals surface area contributed by atoms with Crippen LogP contribution in [0.4, 0.5) is 5.69 Å². The summed E-state index contributed by atoms with van der Waals surface area (Å²) in [5.74, 6) is -2.01. The van der Waals surface area contributed by atoms with E-state index in [4.69, 9.17) is 0 Å². The van der Waals surface area contributed by atoms with Crippen LogP contribution in [0.25, 0.3) is 0 Å². The Hall–Kier alpha value is -2.42. The van der Waals surface area contributed by atoms with E-state index in [0.717, 1.165) is 0 Å². The first-order chi connectivity index (χ1) is 11.8. The Bertz CT molecular complexity index is 827. The number of amides is 1. The molecule has 0 aromatic heterocycles. The monoisotopic (exact) mass is 367 g/mol. The number of rotatable bonds is 3. The zero-order valence-electron chi connectivity index (χ0n) is 13.7. The molecule has 0 N–H and O–H groups in total. The van der Waals surface area contributed by atoms with Gasteiger partial charge >= 0.3 is 11.9 Å². The van der Waals surface area contributed by atoms with Gasteiger partial charge in [0.2, 0.25) is 5.91 Å². The van der Waals surface area contributed by atoms with E-state index in [9.17, 15) is 22.8 Å². The number of fused-ring (bicyclic) bond motifs is 1. The Kier molecular flexibility index (Phi) is 4.28. The van der Waals surface area contributed by atoms with Gasteiger partial charge in [-0.2, -0.15) is 0 Å². The van der Waals surface area contributed by atoms with Gasteiger partial charge < -0.3 is 14.4 Å². The van der Waals surface area contributed by atoms with Crippen LogP contribution in [0.2, 0.25) is 0 Å². The molecule has 1 aromatic carbocycles. The molecule has 8 nitrogen and oxygen atoms in total. The molecule has 9 heteroatoms. The van der Waals surface area contributed by atoms with Crippen LogP contribution in [0.1, 0.15) is 27.1 Å². The topological polar surface area (TPSA) is 107 Å². The Morgan fingerprint density at radius 3 is 2.12 bits per heavy atom. The van der Waals surface area contributed by atoms with Crippen molar-refractivity contribution in [1.29, 1.82) is 0 Å². The van der Waals surface area contributed by atoms with E-state index in [1.54, 1.807) is 0 Å². The number of carbonyl (C=O) groups is 3. The molecule has 2 atom stereocenters. The van der Waals surface area contributed by atoms with E-state index < -0.39 is 27.8 Å². The van der Waals surface area contributed by atoms with Crippen molar-refractivity contribution in [2.75, 3.05) is 30.6 Å². The number of hydrogen-bond donors (Lipinski definition) is 0. The number of anilines is 1. The van der Waals surface area contributed by atoms with Crippen molar-refractivity contribution >= 4 is 33.4 Å². The summed E-state index contributed by atoms with van der Waals surface area (Å²) in [5, 5.41) is 0. The third-order valence-corrected chi connectivity index (χ3v) is 6.30. The smallest absolute Gasteiger partial charge is 0.337 e. The first-order valence-electron chi connectivity index (χ1n) is 7.60. The van der Waals surface area contributed by atoms with Crippen molar-refractivity contribution < 1.29 is 32.3 Å². The van der Waals surface area contributed by atoms with E-state index in [-0.39, 0.29) is 46.6 Å². The molecule has 3 rings (SSSR count). The van der Waals surface area contributed by atoms with Crippen molar-refractivity contribution in [2.45, 2.75) is 12.5 Å². The molecule has 0 unspecified atom stereocenters. The minimum atomic E-state index is -3.21. The number of hydrogen-bond acceptors (Lipinski definition) is 7. The van der Waals surface area contributed by atoms with Crippen LogP contribution in [0, 0.1) is 5.92 Å². The maximum atomic E-state index is 12.4. The molecule has 2 heterocycles. The Morgan fingerprint density at radius 1 is 1.04 bits per heavy atom.